The van der Waals surface area contributed by atoms with Gasteiger partial charge in [-0.25, -0.2) is 5.01 Å². The van der Waals surface area contributed by atoms with Crippen LogP contribution in [-0.2, 0) is 0 Å². The Labute approximate surface area is 177 Å². The summed E-state index contributed by atoms with van der Waals surface area (Å²) in [6, 6.07) is 14.9. The molecule has 4 aliphatic heterocycles. The van der Waals surface area contributed by atoms with E-state index in [2.05, 4.69) is 53.2 Å². The molecule has 0 saturated carbocycles. The molecule has 0 aliphatic carbocycles. The summed E-state index contributed by atoms with van der Waals surface area (Å²) >= 11 is 0. The summed E-state index contributed by atoms with van der Waals surface area (Å²) in [7, 11) is 0. The zero-order valence-electron chi connectivity index (χ0n) is 17.3. The molecule has 6 rings (SSSR count). The Balaban J connectivity index is 1.38. The molecule has 0 bridgehead atoms. The van der Waals surface area contributed by atoms with E-state index in [0.29, 0.717) is 13.2 Å². The van der Waals surface area contributed by atoms with Gasteiger partial charge < -0.3 is 19.1 Å². The van der Waals surface area contributed by atoms with E-state index in [0.717, 1.165) is 67.4 Å². The minimum Gasteiger partial charge on any atom is -0.486 e. The van der Waals surface area contributed by atoms with Gasteiger partial charge in [-0.15, -0.1) is 0 Å². The Morgan fingerprint density at radius 1 is 1.00 bits per heavy atom. The second kappa shape index (κ2) is 6.91. The monoisotopic (exact) mass is 405 g/mol. The van der Waals surface area contributed by atoms with E-state index in [1.54, 1.807) is 0 Å². The Hall–Kier alpha value is -2.73. The molecule has 0 aromatic heterocycles. The first kappa shape index (κ1) is 18.1. The van der Waals surface area contributed by atoms with Crippen molar-refractivity contribution < 1.29 is 14.2 Å². The average Bonchev–Trinajstić information content (AvgIpc) is 3.26. The molecule has 1 spiro atoms. The van der Waals surface area contributed by atoms with Gasteiger partial charge in [-0.2, -0.15) is 5.10 Å². The van der Waals surface area contributed by atoms with Crippen molar-refractivity contribution in [2.24, 2.45) is 5.10 Å². The molecular weight excluding hydrogens is 378 g/mol. The number of para-hydroxylation sites is 1. The van der Waals surface area contributed by atoms with Crippen LogP contribution in [0.15, 0.2) is 47.6 Å². The molecule has 156 valence electrons. The highest BCUT2D eigenvalue weighted by Crippen LogP contribution is 2.50. The van der Waals surface area contributed by atoms with Crippen LogP contribution in [0.5, 0.6) is 17.2 Å². The van der Waals surface area contributed by atoms with Crippen molar-refractivity contribution in [1.82, 2.24) is 9.91 Å². The number of rotatable bonds is 2. The number of fused-ring (bicyclic) bond motifs is 5. The lowest BCUT2D eigenvalue weighted by atomic mass is 9.90. The quantitative estimate of drug-likeness (QED) is 0.760. The van der Waals surface area contributed by atoms with Gasteiger partial charge in [-0.3, -0.25) is 0 Å². The fourth-order valence-electron chi connectivity index (χ4n) is 5.18. The van der Waals surface area contributed by atoms with Crippen molar-refractivity contribution in [2.75, 3.05) is 32.8 Å². The Morgan fingerprint density at radius 2 is 1.80 bits per heavy atom. The summed E-state index contributed by atoms with van der Waals surface area (Å²) in [5.74, 6) is 2.65. The molecule has 0 N–H and O–H groups in total. The van der Waals surface area contributed by atoms with Gasteiger partial charge in [0.25, 0.3) is 0 Å². The minimum absolute atomic E-state index is 0.214. The van der Waals surface area contributed by atoms with Gasteiger partial charge >= 0.3 is 0 Å². The van der Waals surface area contributed by atoms with E-state index in [4.69, 9.17) is 19.3 Å². The van der Waals surface area contributed by atoms with Crippen molar-refractivity contribution in [3.05, 3.63) is 53.6 Å². The number of hydrogen-bond donors (Lipinski definition) is 0. The van der Waals surface area contributed by atoms with Crippen LogP contribution in [0.2, 0.25) is 0 Å². The average molecular weight is 405 g/mol. The van der Waals surface area contributed by atoms with E-state index in [1.165, 1.54) is 5.56 Å². The summed E-state index contributed by atoms with van der Waals surface area (Å²) in [4.78, 5) is 2.49. The fourth-order valence-corrected chi connectivity index (χ4v) is 5.18. The molecule has 1 atom stereocenters. The zero-order chi connectivity index (χ0) is 20.1. The topological polar surface area (TPSA) is 46.5 Å². The van der Waals surface area contributed by atoms with Gasteiger partial charge in [0.2, 0.25) is 5.72 Å². The normalized spacial score (nSPS) is 24.1. The maximum absolute atomic E-state index is 6.69. The highest BCUT2D eigenvalue weighted by molar-refractivity contribution is 6.02. The molecule has 0 amide bonds. The Bertz CT molecular complexity index is 997. The first-order valence-corrected chi connectivity index (χ1v) is 11.0. The van der Waals surface area contributed by atoms with Crippen LogP contribution in [0, 0.1) is 0 Å². The Morgan fingerprint density at radius 3 is 2.63 bits per heavy atom. The van der Waals surface area contributed by atoms with Crippen LogP contribution < -0.4 is 14.2 Å². The molecule has 2 aromatic carbocycles. The lowest BCUT2D eigenvalue weighted by molar-refractivity contribution is -0.149. The summed E-state index contributed by atoms with van der Waals surface area (Å²) in [5, 5.41) is 7.44. The smallest absolute Gasteiger partial charge is 0.200 e. The molecule has 1 saturated heterocycles. The number of likely N-dealkylation sites (tertiary alicyclic amines) is 1. The molecule has 6 nitrogen and oxygen atoms in total. The number of benzene rings is 2. The number of ether oxygens (including phenoxy) is 3. The van der Waals surface area contributed by atoms with Crippen molar-refractivity contribution >= 4 is 5.71 Å². The highest BCUT2D eigenvalue weighted by Gasteiger charge is 2.51. The number of hydrazone groups is 1. The van der Waals surface area contributed by atoms with E-state index >= 15 is 0 Å². The molecule has 1 unspecified atom stereocenters. The third kappa shape index (κ3) is 2.77. The standard InChI is InChI=1S/C24H27N3O3/c1-2-26-11-9-24(10-12-26)27-20(18-5-3-4-6-21(18)30-24)16-19(25-27)17-7-8-22-23(15-17)29-14-13-28-22/h3-8,15,20H,2,9-14,16H2,1H3. The molecule has 4 aliphatic rings. The third-order valence-corrected chi connectivity index (χ3v) is 6.87. The number of nitrogens with zero attached hydrogens (tertiary/aromatic N) is 3. The molecular formula is C24H27N3O3. The zero-order valence-corrected chi connectivity index (χ0v) is 17.3. The lowest BCUT2D eigenvalue weighted by Crippen LogP contribution is -2.59. The predicted molar refractivity (Wildman–Crippen MR) is 114 cm³/mol. The predicted octanol–water partition coefficient (Wildman–Crippen LogP) is 3.81. The first-order valence-electron chi connectivity index (χ1n) is 11.0. The van der Waals surface area contributed by atoms with Gasteiger partial charge in [-0.1, -0.05) is 25.1 Å². The van der Waals surface area contributed by atoms with Crippen LogP contribution in [-0.4, -0.2) is 54.2 Å². The maximum Gasteiger partial charge on any atom is 0.200 e. The summed E-state index contributed by atoms with van der Waals surface area (Å²) in [6.45, 7) is 6.59. The van der Waals surface area contributed by atoms with Crippen LogP contribution in [0.25, 0.3) is 0 Å². The fraction of sp³-hybridized carbons (Fsp3) is 0.458. The van der Waals surface area contributed by atoms with Crippen LogP contribution in [0.4, 0.5) is 0 Å². The van der Waals surface area contributed by atoms with Crippen LogP contribution >= 0.6 is 0 Å². The van der Waals surface area contributed by atoms with Gasteiger partial charge in [0.1, 0.15) is 19.0 Å². The van der Waals surface area contributed by atoms with Gasteiger partial charge in [0.05, 0.1) is 11.8 Å². The number of hydrogen-bond acceptors (Lipinski definition) is 6. The van der Waals surface area contributed by atoms with E-state index in [9.17, 15) is 0 Å². The summed E-state index contributed by atoms with van der Waals surface area (Å²) < 4.78 is 18.2. The molecule has 2 aromatic rings. The SMILES string of the molecule is CCN1CCC2(CC1)Oc1ccccc1C1CC(c3ccc4c(c3)OCCO4)=NN12. The van der Waals surface area contributed by atoms with E-state index in [-0.39, 0.29) is 11.8 Å². The summed E-state index contributed by atoms with van der Waals surface area (Å²) in [6.07, 6.45) is 2.80. The molecule has 4 heterocycles. The lowest BCUT2D eigenvalue weighted by Gasteiger charge is -2.51. The van der Waals surface area contributed by atoms with Crippen molar-refractivity contribution in [2.45, 2.75) is 38.0 Å². The largest absolute Gasteiger partial charge is 0.486 e. The molecule has 0 radical (unpaired) electrons. The third-order valence-electron chi connectivity index (χ3n) is 6.87. The summed E-state index contributed by atoms with van der Waals surface area (Å²) in [5.41, 5.74) is 3.07. The van der Waals surface area contributed by atoms with Crippen molar-refractivity contribution in [3.8, 4) is 17.2 Å². The van der Waals surface area contributed by atoms with Crippen LogP contribution in [0.1, 0.15) is 43.4 Å². The molecule has 1 fully saturated rings. The van der Waals surface area contributed by atoms with E-state index in [1.807, 2.05) is 6.07 Å². The molecule has 30 heavy (non-hydrogen) atoms. The second-order valence-corrected chi connectivity index (χ2v) is 8.49. The first-order chi connectivity index (χ1) is 14.8. The maximum atomic E-state index is 6.69. The van der Waals surface area contributed by atoms with Crippen LogP contribution in [0.3, 0.4) is 0 Å². The van der Waals surface area contributed by atoms with Gasteiger partial charge in [0.15, 0.2) is 11.5 Å². The van der Waals surface area contributed by atoms with E-state index < -0.39 is 0 Å². The van der Waals surface area contributed by atoms with Gasteiger partial charge in [-0.05, 0) is 30.8 Å². The van der Waals surface area contributed by atoms with Crippen molar-refractivity contribution in [1.29, 1.82) is 0 Å². The minimum atomic E-state index is -0.361. The number of piperidine rings is 1. The highest BCUT2D eigenvalue weighted by atomic mass is 16.6. The Kier molecular flexibility index (Phi) is 4.16. The second-order valence-electron chi connectivity index (χ2n) is 8.49. The van der Waals surface area contributed by atoms with Gasteiger partial charge in [0, 0.05) is 43.5 Å². The van der Waals surface area contributed by atoms with Crippen molar-refractivity contribution in [3.63, 3.8) is 0 Å². The molecule has 6 heteroatoms.